The van der Waals surface area contributed by atoms with E-state index in [-0.39, 0.29) is 28.7 Å². The average Bonchev–Trinajstić information content (AvgIpc) is 2.88. The van der Waals surface area contributed by atoms with E-state index in [2.05, 4.69) is 13.8 Å². The van der Waals surface area contributed by atoms with E-state index >= 15 is 0 Å². The third-order valence-corrected chi connectivity index (χ3v) is 8.71. The van der Waals surface area contributed by atoms with E-state index in [1.54, 1.807) is 0 Å². The van der Waals surface area contributed by atoms with E-state index in [0.29, 0.717) is 29.2 Å². The molecule has 0 heterocycles. The maximum absolute atomic E-state index is 12.1. The van der Waals surface area contributed by atoms with Crippen molar-refractivity contribution >= 4 is 23.4 Å². The molecule has 25 heavy (non-hydrogen) atoms. The highest BCUT2D eigenvalue weighted by molar-refractivity contribution is 6.43. The minimum absolute atomic E-state index is 0.0808. The Morgan fingerprint density at radius 3 is 2.56 bits per heavy atom. The van der Waals surface area contributed by atoms with Crippen LogP contribution in [0, 0.1) is 28.6 Å². The van der Waals surface area contributed by atoms with Crippen LogP contribution in [0.2, 0.25) is 0 Å². The van der Waals surface area contributed by atoms with Crippen LogP contribution in [0.1, 0.15) is 72.1 Å². The quantitative estimate of drug-likeness (QED) is 0.614. The molecule has 3 fully saturated rings. The summed E-state index contributed by atoms with van der Waals surface area (Å²) in [6.45, 7) is 6.23. The summed E-state index contributed by atoms with van der Waals surface area (Å²) in [5.41, 5.74) is 1.46. The van der Waals surface area contributed by atoms with Crippen LogP contribution in [0.5, 0.6) is 0 Å². The van der Waals surface area contributed by atoms with Crippen LogP contribution >= 0.6 is 11.6 Å². The maximum Gasteiger partial charge on any atom is 0.302 e. The van der Waals surface area contributed by atoms with E-state index in [1.807, 2.05) is 0 Å². The lowest BCUT2D eigenvalue weighted by molar-refractivity contribution is -0.157. The Morgan fingerprint density at radius 2 is 1.84 bits per heavy atom. The van der Waals surface area contributed by atoms with Crippen molar-refractivity contribution in [3.05, 3.63) is 10.6 Å². The monoisotopic (exact) mass is 364 g/mol. The molecule has 6 atom stereocenters. The average molecular weight is 365 g/mol. The fourth-order valence-electron chi connectivity index (χ4n) is 7.00. The molecule has 4 aliphatic carbocycles. The zero-order chi connectivity index (χ0) is 18.0. The SMILES string of the molecule is CC(=O)OC1CCC2C3CCC4=C(Cl)C(=O)CC[C@]4(C)C3CC[C@]12C. The third kappa shape index (κ3) is 2.44. The molecule has 4 aliphatic rings. The van der Waals surface area contributed by atoms with Gasteiger partial charge in [0.15, 0.2) is 5.78 Å². The number of esters is 1. The largest absolute Gasteiger partial charge is 0.462 e. The van der Waals surface area contributed by atoms with Crippen molar-refractivity contribution in [2.75, 3.05) is 0 Å². The molecule has 0 bridgehead atoms. The van der Waals surface area contributed by atoms with Crippen molar-refractivity contribution in [3.8, 4) is 0 Å². The molecule has 0 aromatic heterocycles. The van der Waals surface area contributed by atoms with Gasteiger partial charge in [-0.15, -0.1) is 0 Å². The number of rotatable bonds is 1. The summed E-state index contributed by atoms with van der Waals surface area (Å²) in [6.07, 6.45) is 8.17. The Bertz CT molecular complexity index is 654. The van der Waals surface area contributed by atoms with Gasteiger partial charge in [-0.1, -0.05) is 25.4 Å². The van der Waals surface area contributed by atoms with Crippen molar-refractivity contribution < 1.29 is 14.3 Å². The lowest BCUT2D eigenvalue weighted by atomic mass is 9.47. The van der Waals surface area contributed by atoms with Gasteiger partial charge >= 0.3 is 5.97 Å². The zero-order valence-electron chi connectivity index (χ0n) is 15.6. The van der Waals surface area contributed by atoms with E-state index < -0.39 is 0 Å². The van der Waals surface area contributed by atoms with Gasteiger partial charge in [-0.05, 0) is 73.7 Å². The standard InChI is InChI=1S/C21H29ClO3/c1-12(23)25-18-7-6-14-13-4-5-16-19(22)17(24)9-11-20(16,2)15(13)8-10-21(14,18)3/h13-15,18H,4-11H2,1-3H3/t13?,14?,15?,18?,20-,21+/m1/s1. The normalized spacial score (nSPS) is 46.3. The summed E-state index contributed by atoms with van der Waals surface area (Å²) in [5, 5.41) is 0.546. The number of allylic oxidation sites excluding steroid dienone is 1. The molecule has 3 nitrogen and oxygen atoms in total. The summed E-state index contributed by atoms with van der Waals surface area (Å²) >= 11 is 6.45. The van der Waals surface area contributed by atoms with Gasteiger partial charge in [-0.2, -0.15) is 0 Å². The van der Waals surface area contributed by atoms with E-state index in [0.717, 1.165) is 44.9 Å². The van der Waals surface area contributed by atoms with Gasteiger partial charge in [-0.25, -0.2) is 0 Å². The minimum atomic E-state index is -0.146. The van der Waals surface area contributed by atoms with Gasteiger partial charge < -0.3 is 4.74 Å². The Morgan fingerprint density at radius 1 is 1.08 bits per heavy atom. The molecule has 0 radical (unpaired) electrons. The van der Waals surface area contributed by atoms with Crippen molar-refractivity contribution in [2.24, 2.45) is 28.6 Å². The fourth-order valence-corrected chi connectivity index (χ4v) is 7.40. The molecule has 0 amide bonds. The lowest BCUT2D eigenvalue weighted by Crippen LogP contribution is -2.52. The highest BCUT2D eigenvalue weighted by Gasteiger charge is 2.60. The third-order valence-electron chi connectivity index (χ3n) is 8.27. The topological polar surface area (TPSA) is 43.4 Å². The highest BCUT2D eigenvalue weighted by Crippen LogP contribution is 2.66. The molecule has 0 aliphatic heterocycles. The highest BCUT2D eigenvalue weighted by atomic mass is 35.5. The summed E-state index contributed by atoms with van der Waals surface area (Å²) in [7, 11) is 0. The number of carbonyl (C=O) groups excluding carboxylic acids is 2. The molecule has 4 heteroatoms. The summed E-state index contributed by atoms with van der Waals surface area (Å²) < 4.78 is 5.71. The number of ether oxygens (including phenoxy) is 1. The first kappa shape index (κ1) is 17.6. The second-order valence-electron chi connectivity index (χ2n) is 9.27. The molecular weight excluding hydrogens is 336 g/mol. The maximum atomic E-state index is 12.1. The van der Waals surface area contributed by atoms with Crippen LogP contribution in [0.25, 0.3) is 0 Å². The number of fused-ring (bicyclic) bond motifs is 5. The van der Waals surface area contributed by atoms with E-state index in [4.69, 9.17) is 16.3 Å². The Labute approximate surface area is 155 Å². The predicted molar refractivity (Wildman–Crippen MR) is 97.1 cm³/mol. The van der Waals surface area contributed by atoms with E-state index in [9.17, 15) is 9.59 Å². The van der Waals surface area contributed by atoms with Crippen molar-refractivity contribution in [1.82, 2.24) is 0 Å². The molecule has 3 saturated carbocycles. The lowest BCUT2D eigenvalue weighted by Gasteiger charge is -2.58. The van der Waals surface area contributed by atoms with Crippen molar-refractivity contribution in [3.63, 3.8) is 0 Å². The first-order valence-corrected chi connectivity index (χ1v) is 10.2. The molecule has 4 rings (SSSR count). The van der Waals surface area contributed by atoms with Gasteiger partial charge in [0.25, 0.3) is 0 Å². The second kappa shape index (κ2) is 5.84. The van der Waals surface area contributed by atoms with Crippen LogP contribution in [0.3, 0.4) is 0 Å². The van der Waals surface area contributed by atoms with Crippen molar-refractivity contribution in [2.45, 2.75) is 78.2 Å². The number of carbonyl (C=O) groups is 2. The summed E-state index contributed by atoms with van der Waals surface area (Å²) in [5.74, 6) is 1.92. The molecule has 0 spiro atoms. The smallest absolute Gasteiger partial charge is 0.302 e. The van der Waals surface area contributed by atoms with Gasteiger partial charge in [0.05, 0.1) is 5.03 Å². The molecule has 4 unspecified atom stereocenters. The van der Waals surface area contributed by atoms with Gasteiger partial charge in [0.2, 0.25) is 0 Å². The zero-order valence-corrected chi connectivity index (χ0v) is 16.3. The van der Waals surface area contributed by atoms with Crippen LogP contribution in [0.4, 0.5) is 0 Å². The second-order valence-corrected chi connectivity index (χ2v) is 9.65. The fraction of sp³-hybridized carbons (Fsp3) is 0.810. The molecule has 0 aromatic carbocycles. The number of Topliss-reactive ketones (excluding diaryl/α,β-unsaturated/α-hetero) is 1. The summed E-state index contributed by atoms with van der Waals surface area (Å²) in [6, 6.07) is 0. The van der Waals surface area contributed by atoms with Gasteiger partial charge in [0, 0.05) is 18.8 Å². The number of hydrogen-bond acceptors (Lipinski definition) is 3. The Hall–Kier alpha value is -0.830. The minimum Gasteiger partial charge on any atom is -0.462 e. The molecule has 0 N–H and O–H groups in total. The number of halogens is 1. The predicted octanol–water partition coefficient (Wildman–Crippen LogP) is 5.02. The van der Waals surface area contributed by atoms with Gasteiger partial charge in [-0.3, -0.25) is 9.59 Å². The number of ketones is 1. The molecule has 0 aromatic rings. The molecule has 138 valence electrons. The van der Waals surface area contributed by atoms with Crippen molar-refractivity contribution in [1.29, 1.82) is 0 Å². The van der Waals surface area contributed by atoms with Crippen LogP contribution in [0.15, 0.2) is 10.6 Å². The Kier molecular flexibility index (Phi) is 4.10. The number of hydrogen-bond donors (Lipinski definition) is 0. The summed E-state index contributed by atoms with van der Waals surface area (Å²) in [4.78, 5) is 23.6. The van der Waals surface area contributed by atoms with Crippen LogP contribution in [-0.4, -0.2) is 17.9 Å². The van der Waals surface area contributed by atoms with E-state index in [1.165, 1.54) is 12.5 Å². The van der Waals surface area contributed by atoms with Crippen LogP contribution < -0.4 is 0 Å². The Balaban J connectivity index is 1.65. The first-order valence-electron chi connectivity index (χ1n) is 9.87. The first-order chi connectivity index (χ1) is 11.8. The van der Waals surface area contributed by atoms with Gasteiger partial charge in [0.1, 0.15) is 6.10 Å². The molecule has 0 saturated heterocycles. The molecular formula is C21H29ClO3. The van der Waals surface area contributed by atoms with Crippen LogP contribution in [-0.2, 0) is 14.3 Å².